The second-order valence-corrected chi connectivity index (χ2v) is 6.01. The molecule has 1 heterocycles. The minimum absolute atomic E-state index is 0.247. The molecule has 0 radical (unpaired) electrons. The number of hydrogen-bond donors (Lipinski definition) is 1. The van der Waals surface area contributed by atoms with E-state index in [0.29, 0.717) is 5.02 Å². The molecule has 0 aromatic heterocycles. The maximum atomic E-state index is 13.7. The molecule has 1 atom stereocenters. The van der Waals surface area contributed by atoms with Crippen LogP contribution in [0.4, 0.5) is 4.39 Å². The standard InChI is InChI=1S/C17H24ClFN2/c1-2-3-4-5-6-17(21-9-7-20-8-10-21)14-11-15(18)13-16(19)12-14/h2,11-13,17,20H,1,3-10H2/t17-/m0/s1. The third-order valence-corrected chi connectivity index (χ3v) is 4.22. The smallest absolute Gasteiger partial charge is 0.125 e. The van der Waals surface area contributed by atoms with E-state index in [1.807, 2.05) is 12.1 Å². The molecule has 0 bridgehead atoms. The number of hydrogen-bond acceptors (Lipinski definition) is 2. The molecule has 116 valence electrons. The molecule has 0 unspecified atom stereocenters. The van der Waals surface area contributed by atoms with Crippen LogP contribution >= 0.6 is 11.6 Å². The fraction of sp³-hybridized carbons (Fsp3) is 0.529. The molecule has 2 nitrogen and oxygen atoms in total. The first-order valence-corrected chi connectivity index (χ1v) is 8.10. The van der Waals surface area contributed by atoms with Gasteiger partial charge in [-0.25, -0.2) is 4.39 Å². The molecule has 1 fully saturated rings. The van der Waals surface area contributed by atoms with Gasteiger partial charge in [0.15, 0.2) is 0 Å². The number of unbranched alkanes of at least 4 members (excludes halogenated alkanes) is 2. The Bertz CT molecular complexity index is 438. The van der Waals surface area contributed by atoms with E-state index >= 15 is 0 Å². The largest absolute Gasteiger partial charge is 0.314 e. The average Bonchev–Trinajstić information content (AvgIpc) is 2.47. The lowest BCUT2D eigenvalue weighted by molar-refractivity contribution is 0.162. The van der Waals surface area contributed by atoms with Gasteiger partial charge in [-0.3, -0.25) is 4.90 Å². The van der Waals surface area contributed by atoms with Crippen molar-refractivity contribution in [1.82, 2.24) is 10.2 Å². The lowest BCUT2D eigenvalue weighted by Crippen LogP contribution is -2.45. The molecule has 0 saturated carbocycles. The highest BCUT2D eigenvalue weighted by Crippen LogP contribution is 2.29. The monoisotopic (exact) mass is 310 g/mol. The van der Waals surface area contributed by atoms with Crippen molar-refractivity contribution in [3.8, 4) is 0 Å². The number of piperazine rings is 1. The zero-order valence-corrected chi connectivity index (χ0v) is 13.2. The van der Waals surface area contributed by atoms with Crippen LogP contribution in [0.3, 0.4) is 0 Å². The summed E-state index contributed by atoms with van der Waals surface area (Å²) in [4.78, 5) is 2.44. The van der Waals surface area contributed by atoms with Gasteiger partial charge in [-0.1, -0.05) is 24.1 Å². The molecule has 2 rings (SSSR count). The van der Waals surface area contributed by atoms with Crippen LogP contribution in [0.25, 0.3) is 0 Å². The van der Waals surface area contributed by atoms with Gasteiger partial charge in [0, 0.05) is 37.2 Å². The fourth-order valence-electron chi connectivity index (χ4n) is 2.95. The van der Waals surface area contributed by atoms with Gasteiger partial charge >= 0.3 is 0 Å². The molecule has 1 N–H and O–H groups in total. The van der Waals surface area contributed by atoms with Crippen LogP contribution in [0.15, 0.2) is 30.9 Å². The van der Waals surface area contributed by atoms with Crippen LogP contribution in [-0.4, -0.2) is 31.1 Å². The van der Waals surface area contributed by atoms with E-state index < -0.39 is 0 Å². The summed E-state index contributed by atoms with van der Waals surface area (Å²) in [7, 11) is 0. The highest BCUT2D eigenvalue weighted by molar-refractivity contribution is 6.30. The summed E-state index contributed by atoms with van der Waals surface area (Å²) in [6.07, 6.45) is 6.29. The predicted octanol–water partition coefficient (Wildman–Crippen LogP) is 4.17. The van der Waals surface area contributed by atoms with Gasteiger partial charge in [0.25, 0.3) is 0 Å². The molecule has 4 heteroatoms. The Hall–Kier alpha value is -0.900. The molecule has 1 aromatic rings. The lowest BCUT2D eigenvalue weighted by Gasteiger charge is -2.35. The lowest BCUT2D eigenvalue weighted by atomic mass is 9.98. The Morgan fingerprint density at radius 1 is 1.29 bits per heavy atom. The molecule has 0 amide bonds. The third-order valence-electron chi connectivity index (χ3n) is 4.00. The van der Waals surface area contributed by atoms with E-state index in [4.69, 9.17) is 11.6 Å². The van der Waals surface area contributed by atoms with Gasteiger partial charge in [-0.05, 0) is 43.0 Å². The van der Waals surface area contributed by atoms with Crippen molar-refractivity contribution in [2.75, 3.05) is 26.2 Å². The van der Waals surface area contributed by atoms with E-state index in [-0.39, 0.29) is 11.9 Å². The van der Waals surface area contributed by atoms with E-state index in [1.54, 1.807) is 6.07 Å². The summed E-state index contributed by atoms with van der Waals surface area (Å²) in [6, 6.07) is 5.17. The number of nitrogens with zero attached hydrogens (tertiary/aromatic N) is 1. The van der Waals surface area contributed by atoms with Gasteiger partial charge in [0.05, 0.1) is 0 Å². The molecule has 21 heavy (non-hydrogen) atoms. The summed E-state index contributed by atoms with van der Waals surface area (Å²) in [5.74, 6) is -0.247. The summed E-state index contributed by atoms with van der Waals surface area (Å²) >= 11 is 6.03. The van der Waals surface area contributed by atoms with Crippen LogP contribution in [0, 0.1) is 5.82 Å². The molecule has 1 aliphatic heterocycles. The summed E-state index contributed by atoms with van der Waals surface area (Å²) in [6.45, 7) is 7.75. The van der Waals surface area contributed by atoms with Crippen molar-refractivity contribution < 1.29 is 4.39 Å². The normalized spacial score (nSPS) is 17.6. The fourth-order valence-corrected chi connectivity index (χ4v) is 3.18. The first-order chi connectivity index (χ1) is 10.2. The van der Waals surface area contributed by atoms with Crippen LogP contribution in [-0.2, 0) is 0 Å². The molecule has 1 aromatic carbocycles. The van der Waals surface area contributed by atoms with Gasteiger partial charge in [-0.2, -0.15) is 0 Å². The Balaban J connectivity index is 2.10. The minimum Gasteiger partial charge on any atom is -0.314 e. The minimum atomic E-state index is -0.247. The van der Waals surface area contributed by atoms with Crippen molar-refractivity contribution in [1.29, 1.82) is 0 Å². The number of rotatable bonds is 7. The maximum Gasteiger partial charge on any atom is 0.125 e. The molecular formula is C17H24ClFN2. The highest BCUT2D eigenvalue weighted by Gasteiger charge is 2.22. The maximum absolute atomic E-state index is 13.7. The van der Waals surface area contributed by atoms with Gasteiger partial charge in [0.1, 0.15) is 5.82 Å². The Kier molecular flexibility index (Phi) is 6.68. The Morgan fingerprint density at radius 3 is 2.71 bits per heavy atom. The molecule has 1 saturated heterocycles. The van der Waals surface area contributed by atoms with Crippen molar-refractivity contribution in [3.05, 3.63) is 47.3 Å². The van der Waals surface area contributed by atoms with Gasteiger partial charge in [-0.15, -0.1) is 6.58 Å². The Labute approximate surface area is 132 Å². The molecule has 1 aliphatic rings. The van der Waals surface area contributed by atoms with Crippen molar-refractivity contribution in [2.45, 2.75) is 31.7 Å². The number of benzene rings is 1. The number of allylic oxidation sites excluding steroid dienone is 1. The first kappa shape index (κ1) is 16.5. The second kappa shape index (κ2) is 8.52. The van der Waals surface area contributed by atoms with Crippen LogP contribution in [0.5, 0.6) is 0 Å². The third kappa shape index (κ3) is 5.10. The van der Waals surface area contributed by atoms with Gasteiger partial charge < -0.3 is 5.32 Å². The van der Waals surface area contributed by atoms with E-state index in [1.165, 1.54) is 6.07 Å². The predicted molar refractivity (Wildman–Crippen MR) is 87.3 cm³/mol. The quantitative estimate of drug-likeness (QED) is 0.600. The number of halogens is 2. The highest BCUT2D eigenvalue weighted by atomic mass is 35.5. The van der Waals surface area contributed by atoms with Crippen molar-refractivity contribution >= 4 is 11.6 Å². The van der Waals surface area contributed by atoms with Crippen molar-refractivity contribution in [3.63, 3.8) is 0 Å². The SMILES string of the molecule is C=CCCCC[C@@H](c1cc(F)cc(Cl)c1)N1CCNCC1. The number of nitrogens with one attached hydrogen (secondary N) is 1. The molecule has 0 spiro atoms. The molecule has 0 aliphatic carbocycles. The zero-order valence-electron chi connectivity index (χ0n) is 12.5. The second-order valence-electron chi connectivity index (χ2n) is 5.58. The van der Waals surface area contributed by atoms with E-state index in [2.05, 4.69) is 16.8 Å². The van der Waals surface area contributed by atoms with E-state index in [0.717, 1.165) is 57.4 Å². The average molecular weight is 311 g/mol. The summed E-state index contributed by atoms with van der Waals surface area (Å²) in [5.41, 5.74) is 1.00. The van der Waals surface area contributed by atoms with E-state index in [9.17, 15) is 4.39 Å². The summed E-state index contributed by atoms with van der Waals surface area (Å²) in [5, 5.41) is 3.85. The zero-order chi connectivity index (χ0) is 15.1. The van der Waals surface area contributed by atoms with Crippen molar-refractivity contribution in [2.24, 2.45) is 0 Å². The van der Waals surface area contributed by atoms with Crippen LogP contribution < -0.4 is 5.32 Å². The Morgan fingerprint density at radius 2 is 2.05 bits per heavy atom. The van der Waals surface area contributed by atoms with Crippen LogP contribution in [0.2, 0.25) is 5.02 Å². The van der Waals surface area contributed by atoms with Gasteiger partial charge in [0.2, 0.25) is 0 Å². The summed E-state index contributed by atoms with van der Waals surface area (Å²) < 4.78 is 13.7. The topological polar surface area (TPSA) is 15.3 Å². The van der Waals surface area contributed by atoms with Crippen LogP contribution in [0.1, 0.15) is 37.3 Å². The first-order valence-electron chi connectivity index (χ1n) is 7.72. The molecular weight excluding hydrogens is 287 g/mol.